The van der Waals surface area contributed by atoms with Gasteiger partial charge in [0.2, 0.25) is 0 Å². The van der Waals surface area contributed by atoms with Crippen molar-refractivity contribution in [1.82, 2.24) is 0 Å². The summed E-state index contributed by atoms with van der Waals surface area (Å²) in [4.78, 5) is 11.0. The first-order chi connectivity index (χ1) is 7.60. The van der Waals surface area contributed by atoms with E-state index in [0.29, 0.717) is 12.3 Å². The van der Waals surface area contributed by atoms with E-state index < -0.39 is 0 Å². The summed E-state index contributed by atoms with van der Waals surface area (Å²) in [5.41, 5.74) is 0. The largest absolute Gasteiger partial charge is 0.469 e. The minimum atomic E-state index is -0.0776. The van der Waals surface area contributed by atoms with Gasteiger partial charge in [-0.05, 0) is 18.3 Å². The Morgan fingerprint density at radius 2 is 1.62 bits per heavy atom. The number of rotatable bonds is 9. The summed E-state index contributed by atoms with van der Waals surface area (Å²) in [6.45, 7) is 6.81. The molecule has 2 nitrogen and oxygen atoms in total. The molecule has 0 rings (SSSR count). The topological polar surface area (TPSA) is 26.3 Å². The Labute approximate surface area is 101 Å². The third-order valence-electron chi connectivity index (χ3n) is 3.24. The second kappa shape index (κ2) is 9.68. The molecule has 0 aromatic carbocycles. The highest BCUT2D eigenvalue weighted by atomic mass is 16.5. The van der Waals surface area contributed by atoms with Crippen molar-refractivity contribution in [1.29, 1.82) is 0 Å². The van der Waals surface area contributed by atoms with E-state index >= 15 is 0 Å². The van der Waals surface area contributed by atoms with Crippen molar-refractivity contribution in [2.24, 2.45) is 11.8 Å². The molecule has 0 saturated heterocycles. The number of methoxy groups -OCH3 is 1. The minimum absolute atomic E-state index is 0.0776. The van der Waals surface area contributed by atoms with Gasteiger partial charge in [0, 0.05) is 6.42 Å². The number of carbonyl (C=O) groups is 1. The lowest BCUT2D eigenvalue weighted by molar-refractivity contribution is -0.140. The highest BCUT2D eigenvalue weighted by molar-refractivity contribution is 5.69. The Bertz CT molecular complexity index is 178. The Morgan fingerprint density at radius 1 is 1.06 bits per heavy atom. The van der Waals surface area contributed by atoms with Crippen LogP contribution in [0, 0.1) is 11.8 Å². The van der Waals surface area contributed by atoms with Crippen LogP contribution in [-0.2, 0) is 9.53 Å². The first-order valence-corrected chi connectivity index (χ1v) is 6.66. The molecule has 0 aromatic heterocycles. The highest BCUT2D eigenvalue weighted by Crippen LogP contribution is 2.19. The van der Waals surface area contributed by atoms with E-state index in [1.807, 2.05) is 0 Å². The van der Waals surface area contributed by atoms with Crippen LogP contribution < -0.4 is 0 Å². The van der Waals surface area contributed by atoms with E-state index in [1.54, 1.807) is 0 Å². The lowest BCUT2D eigenvalue weighted by Gasteiger charge is -2.13. The van der Waals surface area contributed by atoms with Crippen LogP contribution >= 0.6 is 0 Å². The van der Waals surface area contributed by atoms with E-state index in [1.165, 1.54) is 39.2 Å². The Morgan fingerprint density at radius 3 is 2.12 bits per heavy atom. The molecule has 0 N–H and O–H groups in total. The summed E-state index contributed by atoms with van der Waals surface area (Å²) >= 11 is 0. The van der Waals surface area contributed by atoms with Crippen molar-refractivity contribution in [3.8, 4) is 0 Å². The fourth-order valence-electron chi connectivity index (χ4n) is 2.06. The molecule has 0 fully saturated rings. The van der Waals surface area contributed by atoms with Gasteiger partial charge in [-0.1, -0.05) is 52.9 Å². The zero-order chi connectivity index (χ0) is 12.4. The average molecular weight is 228 g/mol. The van der Waals surface area contributed by atoms with Crippen LogP contribution in [-0.4, -0.2) is 13.1 Å². The molecule has 0 bridgehead atoms. The van der Waals surface area contributed by atoms with Crippen molar-refractivity contribution >= 4 is 5.97 Å². The molecule has 0 radical (unpaired) electrons. The summed E-state index contributed by atoms with van der Waals surface area (Å²) < 4.78 is 4.64. The maximum Gasteiger partial charge on any atom is 0.305 e. The molecule has 0 aromatic rings. The van der Waals surface area contributed by atoms with Crippen LogP contribution in [0.3, 0.4) is 0 Å². The first-order valence-electron chi connectivity index (χ1n) is 6.66. The molecule has 96 valence electrons. The lowest BCUT2D eigenvalue weighted by Crippen LogP contribution is -2.04. The Balaban J connectivity index is 3.43. The molecule has 0 spiro atoms. The van der Waals surface area contributed by atoms with E-state index in [4.69, 9.17) is 0 Å². The van der Waals surface area contributed by atoms with Crippen LogP contribution in [0.15, 0.2) is 0 Å². The molecule has 0 aliphatic heterocycles. The number of esters is 1. The Hall–Kier alpha value is -0.530. The van der Waals surface area contributed by atoms with E-state index in [-0.39, 0.29) is 5.97 Å². The van der Waals surface area contributed by atoms with Gasteiger partial charge >= 0.3 is 5.97 Å². The van der Waals surface area contributed by atoms with Gasteiger partial charge in [-0.2, -0.15) is 0 Å². The van der Waals surface area contributed by atoms with E-state index in [0.717, 1.165) is 12.3 Å². The first kappa shape index (κ1) is 15.5. The zero-order valence-electron chi connectivity index (χ0n) is 11.4. The lowest BCUT2D eigenvalue weighted by atomic mass is 9.94. The maximum absolute atomic E-state index is 11.0. The van der Waals surface area contributed by atoms with Gasteiger partial charge in [-0.3, -0.25) is 4.79 Å². The van der Waals surface area contributed by atoms with E-state index in [2.05, 4.69) is 25.5 Å². The molecule has 2 unspecified atom stereocenters. The van der Waals surface area contributed by atoms with Crippen molar-refractivity contribution in [2.45, 2.75) is 65.7 Å². The van der Waals surface area contributed by atoms with Gasteiger partial charge in [0.1, 0.15) is 0 Å². The summed E-state index contributed by atoms with van der Waals surface area (Å²) in [5, 5.41) is 0. The number of hydrogen-bond acceptors (Lipinski definition) is 2. The van der Waals surface area contributed by atoms with Crippen LogP contribution in [0.5, 0.6) is 0 Å². The van der Waals surface area contributed by atoms with Gasteiger partial charge in [-0.15, -0.1) is 0 Å². The standard InChI is InChI=1S/C14H28O2/c1-5-7-12(2)8-6-9-13(3)10-11-14(15)16-4/h12-13H,5-11H2,1-4H3. The van der Waals surface area contributed by atoms with E-state index in [9.17, 15) is 4.79 Å². The third-order valence-corrected chi connectivity index (χ3v) is 3.24. The van der Waals surface area contributed by atoms with Crippen LogP contribution in [0.4, 0.5) is 0 Å². The summed E-state index contributed by atoms with van der Waals surface area (Å²) in [6, 6.07) is 0. The van der Waals surface area contributed by atoms with Crippen LogP contribution in [0.25, 0.3) is 0 Å². The number of carbonyl (C=O) groups excluding carboxylic acids is 1. The van der Waals surface area contributed by atoms with Gasteiger partial charge in [0.05, 0.1) is 7.11 Å². The normalized spacial score (nSPS) is 14.5. The monoisotopic (exact) mass is 228 g/mol. The molecule has 2 atom stereocenters. The molecule has 0 saturated carbocycles. The molecule has 0 amide bonds. The van der Waals surface area contributed by atoms with Crippen molar-refractivity contribution in [2.75, 3.05) is 7.11 Å². The second-order valence-corrected chi connectivity index (χ2v) is 5.04. The van der Waals surface area contributed by atoms with Crippen molar-refractivity contribution < 1.29 is 9.53 Å². The SMILES string of the molecule is CCCC(C)CCCC(C)CCC(=O)OC. The molecule has 0 aliphatic carbocycles. The highest BCUT2D eigenvalue weighted by Gasteiger charge is 2.07. The zero-order valence-corrected chi connectivity index (χ0v) is 11.4. The summed E-state index contributed by atoms with van der Waals surface area (Å²) in [6.07, 6.45) is 8.04. The smallest absolute Gasteiger partial charge is 0.305 e. The quantitative estimate of drug-likeness (QED) is 0.553. The molecule has 0 heterocycles. The van der Waals surface area contributed by atoms with Gasteiger partial charge < -0.3 is 4.74 Å². The molecule has 16 heavy (non-hydrogen) atoms. The fourth-order valence-corrected chi connectivity index (χ4v) is 2.06. The molecular formula is C14H28O2. The minimum Gasteiger partial charge on any atom is -0.469 e. The summed E-state index contributed by atoms with van der Waals surface area (Å²) in [7, 11) is 1.46. The third kappa shape index (κ3) is 8.75. The predicted molar refractivity (Wildman–Crippen MR) is 68.3 cm³/mol. The second-order valence-electron chi connectivity index (χ2n) is 5.04. The maximum atomic E-state index is 11.0. The molecule has 0 aliphatic rings. The number of hydrogen-bond donors (Lipinski definition) is 0. The van der Waals surface area contributed by atoms with Gasteiger partial charge in [0.25, 0.3) is 0 Å². The predicted octanol–water partition coefficient (Wildman–Crippen LogP) is 4.18. The average Bonchev–Trinajstić information content (AvgIpc) is 2.26. The van der Waals surface area contributed by atoms with Crippen LogP contribution in [0.1, 0.15) is 65.7 Å². The molecular weight excluding hydrogens is 200 g/mol. The van der Waals surface area contributed by atoms with Crippen molar-refractivity contribution in [3.63, 3.8) is 0 Å². The fraction of sp³-hybridized carbons (Fsp3) is 0.929. The van der Waals surface area contributed by atoms with Crippen molar-refractivity contribution in [3.05, 3.63) is 0 Å². The number of ether oxygens (including phenoxy) is 1. The van der Waals surface area contributed by atoms with Gasteiger partial charge in [0.15, 0.2) is 0 Å². The van der Waals surface area contributed by atoms with Gasteiger partial charge in [-0.25, -0.2) is 0 Å². The molecule has 2 heteroatoms. The van der Waals surface area contributed by atoms with Crippen LogP contribution in [0.2, 0.25) is 0 Å². The summed E-state index contributed by atoms with van der Waals surface area (Å²) in [5.74, 6) is 1.43. The Kier molecular flexibility index (Phi) is 9.36.